The number of hydrogen-bond acceptors (Lipinski definition) is 13. The molecule has 6 aromatic rings. The number of alkyl halides is 3. The highest BCUT2D eigenvalue weighted by molar-refractivity contribution is 7.99. The average molecular weight is 1090 g/mol. The highest BCUT2D eigenvalue weighted by Gasteiger charge is 2.48. The van der Waals surface area contributed by atoms with Gasteiger partial charge < -0.3 is 29.8 Å². The van der Waals surface area contributed by atoms with E-state index < -0.39 is 53.2 Å². The molecule has 2 aliphatic heterocycles. The third kappa shape index (κ3) is 13.1. The number of halogens is 4. The number of carbonyl (C=O) groups is 1. The van der Waals surface area contributed by atoms with Crippen LogP contribution in [0.4, 0.5) is 35.9 Å². The Kier molecular flexibility index (Phi) is 16.6. The Morgan fingerprint density at radius 3 is 2.14 bits per heavy atom. The molecule has 1 aromatic heterocycles. The first-order valence-corrected chi connectivity index (χ1v) is 28.7. The van der Waals surface area contributed by atoms with E-state index in [1.807, 2.05) is 71.5 Å². The number of aliphatic hydroxyl groups excluding tert-OH is 1. The minimum atomic E-state index is -5.89. The highest BCUT2D eigenvalue weighted by Crippen LogP contribution is 2.37. The number of carbonyl (C=O) groups excluding carboxylic acids is 1. The van der Waals surface area contributed by atoms with Crippen LogP contribution in [0.1, 0.15) is 29.8 Å². The van der Waals surface area contributed by atoms with Crippen LogP contribution < -0.4 is 24.6 Å². The van der Waals surface area contributed by atoms with Crippen LogP contribution in [0.3, 0.4) is 0 Å². The number of benzene rings is 5. The molecule has 0 bridgehead atoms. The average Bonchev–Trinajstić information content (AvgIpc) is 3.81. The summed E-state index contributed by atoms with van der Waals surface area (Å²) in [6.45, 7) is 4.36. The predicted octanol–water partition coefficient (Wildman–Crippen LogP) is 8.06. The molecule has 0 aliphatic carbocycles. The first kappa shape index (κ1) is 52.7. The van der Waals surface area contributed by atoms with E-state index in [0.717, 1.165) is 28.6 Å². The number of rotatable bonds is 18. The van der Waals surface area contributed by atoms with Crippen LogP contribution in [0.25, 0.3) is 16.9 Å². The van der Waals surface area contributed by atoms with Crippen molar-refractivity contribution in [2.24, 2.45) is 0 Å². The van der Waals surface area contributed by atoms with Gasteiger partial charge in [-0.1, -0.05) is 41.9 Å². The van der Waals surface area contributed by atoms with Crippen molar-refractivity contribution >= 4 is 82.9 Å². The minimum Gasteiger partial charge on any atom is -0.393 e. The number of aromatic nitrogens is 2. The molecule has 23 heteroatoms. The lowest BCUT2D eigenvalue weighted by molar-refractivity contribution is -0.0435. The topological polar surface area (TPSA) is 186 Å². The SMILES string of the molecule is CS(=O)(=O)NC(=O)c1ncn(-c2ccc(Cl)cc2)c1-c1cccc(N2CCN(c3ccc(NS(=O)c4ccc(NC(CCN5CCC(O)CC5)CSc5ccccc5)c(S(=O)(=O)C(F)(F)F)c4)cc3)CC2)c1. The number of aliphatic hydroxyl groups is 1. The van der Waals surface area contributed by atoms with Crippen molar-refractivity contribution < 1.29 is 44.1 Å². The molecule has 0 radical (unpaired) electrons. The Balaban J connectivity index is 0.940. The Hall–Kier alpha value is -5.62. The second kappa shape index (κ2) is 22.7. The molecule has 0 spiro atoms. The molecule has 15 nitrogen and oxygen atoms in total. The zero-order valence-electron chi connectivity index (χ0n) is 38.8. The fourth-order valence-corrected chi connectivity index (χ4v) is 11.9. The Labute approximate surface area is 428 Å². The third-order valence-corrected chi connectivity index (χ3v) is 16.9. The standard InChI is InChI=1S/C49H52ClF3N8O7S4/c1-71(65,66)57-48(63)46-47(61(33-54-46)39-14-10-35(50)11-15-39)34-6-5-7-40(30-34)60-28-26-59(27-29-60)38-16-12-36(13-17-38)56-70(64)43-18-19-44(45(31-43)72(67,68)49(51,52)53)55-37(32-69-42-8-3-2-4-9-42)20-23-58-24-21-41(62)22-25-58/h2-19,30-31,33,37,41,55-56,62H,20-29,32H2,1H3,(H,57,63). The molecule has 5 aromatic carbocycles. The number of amides is 1. The number of sulfone groups is 1. The normalized spacial score (nSPS) is 16.0. The van der Waals surface area contributed by atoms with E-state index >= 15 is 0 Å². The van der Waals surface area contributed by atoms with Gasteiger partial charge in [-0.2, -0.15) is 13.2 Å². The van der Waals surface area contributed by atoms with Gasteiger partial charge in [0.15, 0.2) is 5.69 Å². The van der Waals surface area contributed by atoms with E-state index in [-0.39, 0.29) is 22.4 Å². The van der Waals surface area contributed by atoms with Gasteiger partial charge in [0.05, 0.1) is 28.6 Å². The van der Waals surface area contributed by atoms with Gasteiger partial charge in [0.1, 0.15) is 22.2 Å². The number of likely N-dealkylation sites (tertiary alicyclic amines) is 1. The van der Waals surface area contributed by atoms with Gasteiger partial charge >= 0.3 is 5.51 Å². The van der Waals surface area contributed by atoms with Crippen LogP contribution in [-0.4, -0.2) is 122 Å². The zero-order valence-corrected chi connectivity index (χ0v) is 42.9. The van der Waals surface area contributed by atoms with E-state index in [0.29, 0.717) is 98.5 Å². The molecule has 72 heavy (non-hydrogen) atoms. The third-order valence-electron chi connectivity index (χ3n) is 12.2. The second-order valence-electron chi connectivity index (χ2n) is 17.4. The predicted molar refractivity (Wildman–Crippen MR) is 278 cm³/mol. The van der Waals surface area contributed by atoms with Crippen molar-refractivity contribution in [3.63, 3.8) is 0 Å². The fraction of sp³-hybridized carbons (Fsp3) is 0.306. The summed E-state index contributed by atoms with van der Waals surface area (Å²) in [6.07, 6.45) is 3.69. The maximum atomic E-state index is 14.3. The molecule has 8 rings (SSSR count). The van der Waals surface area contributed by atoms with E-state index in [2.05, 4.69) is 29.7 Å². The van der Waals surface area contributed by atoms with Crippen molar-refractivity contribution in [1.82, 2.24) is 19.2 Å². The monoisotopic (exact) mass is 1080 g/mol. The van der Waals surface area contributed by atoms with Gasteiger partial charge in [0.2, 0.25) is 10.0 Å². The van der Waals surface area contributed by atoms with Crippen molar-refractivity contribution in [2.75, 3.05) is 77.7 Å². The van der Waals surface area contributed by atoms with Gasteiger partial charge in [0, 0.05) is 95.8 Å². The second-order valence-corrected chi connectivity index (χ2v) is 23.8. The van der Waals surface area contributed by atoms with E-state index in [1.165, 1.54) is 30.2 Å². The first-order valence-electron chi connectivity index (χ1n) is 22.9. The van der Waals surface area contributed by atoms with Gasteiger partial charge in [-0.05, 0) is 110 Å². The lowest BCUT2D eigenvalue weighted by atomic mass is 10.1. The minimum absolute atomic E-state index is 0.0790. The van der Waals surface area contributed by atoms with E-state index in [9.17, 15) is 44.1 Å². The van der Waals surface area contributed by atoms with E-state index in [4.69, 9.17) is 11.6 Å². The van der Waals surface area contributed by atoms with Crippen molar-refractivity contribution in [1.29, 1.82) is 0 Å². The van der Waals surface area contributed by atoms with Gasteiger partial charge in [-0.15, -0.1) is 11.8 Å². The number of imidazole rings is 1. The summed E-state index contributed by atoms with van der Waals surface area (Å²) < 4.78 is 113. The largest absolute Gasteiger partial charge is 0.501 e. The summed E-state index contributed by atoms with van der Waals surface area (Å²) in [5, 5.41) is 13.6. The molecule has 0 saturated carbocycles. The number of nitrogens with zero attached hydrogens (tertiary/aromatic N) is 5. The molecule has 2 atom stereocenters. The summed E-state index contributed by atoms with van der Waals surface area (Å²) >= 11 is 7.63. The molecule has 382 valence electrons. The lowest BCUT2D eigenvalue weighted by Crippen LogP contribution is -2.46. The number of hydrogen-bond donors (Lipinski definition) is 4. The first-order chi connectivity index (χ1) is 34.3. The van der Waals surface area contributed by atoms with Crippen molar-refractivity contribution in [2.45, 2.75) is 51.6 Å². The molecule has 2 aliphatic rings. The van der Waals surface area contributed by atoms with Crippen LogP contribution in [0.15, 0.2) is 142 Å². The number of sulfonamides is 1. The highest BCUT2D eigenvalue weighted by atomic mass is 35.5. The molecule has 2 fully saturated rings. The van der Waals surface area contributed by atoms with Crippen LogP contribution in [-0.2, 0) is 30.8 Å². The zero-order chi connectivity index (χ0) is 51.2. The quantitative estimate of drug-likeness (QED) is 0.0607. The molecular weight excluding hydrogens is 1030 g/mol. The van der Waals surface area contributed by atoms with Gasteiger partial charge in [0.25, 0.3) is 15.7 Å². The molecule has 3 heterocycles. The van der Waals surface area contributed by atoms with Gasteiger partial charge in [-0.25, -0.2) is 30.8 Å². The maximum absolute atomic E-state index is 14.3. The smallest absolute Gasteiger partial charge is 0.393 e. The molecular formula is C49H52ClF3N8O7S4. The van der Waals surface area contributed by atoms with Crippen LogP contribution in [0.5, 0.6) is 0 Å². The number of piperidine rings is 1. The van der Waals surface area contributed by atoms with E-state index in [1.54, 1.807) is 41.0 Å². The van der Waals surface area contributed by atoms with Crippen molar-refractivity contribution in [3.8, 4) is 16.9 Å². The molecule has 2 saturated heterocycles. The molecule has 4 N–H and O–H groups in total. The molecule has 2 unspecified atom stereocenters. The summed E-state index contributed by atoms with van der Waals surface area (Å²) in [7, 11) is -11.9. The maximum Gasteiger partial charge on any atom is 0.501 e. The summed E-state index contributed by atoms with van der Waals surface area (Å²) in [4.78, 5) is 23.8. The Bertz CT molecular complexity index is 3100. The number of thioether (sulfide) groups is 1. The lowest BCUT2D eigenvalue weighted by Gasteiger charge is -2.37. The molecule has 1 amide bonds. The summed E-state index contributed by atoms with van der Waals surface area (Å²) in [6, 6.07) is 33.9. The Morgan fingerprint density at radius 2 is 1.49 bits per heavy atom. The van der Waals surface area contributed by atoms with Crippen LogP contribution in [0, 0.1) is 0 Å². The summed E-state index contributed by atoms with van der Waals surface area (Å²) in [5.74, 6) is -0.456. The summed E-state index contributed by atoms with van der Waals surface area (Å²) in [5.41, 5.74) is -2.18. The van der Waals surface area contributed by atoms with Gasteiger partial charge in [-0.3, -0.25) is 9.36 Å². The number of anilines is 4. The van der Waals surface area contributed by atoms with Crippen molar-refractivity contribution in [3.05, 3.63) is 138 Å². The number of piperazine rings is 1. The van der Waals surface area contributed by atoms with Crippen LogP contribution >= 0.6 is 23.4 Å². The van der Waals surface area contributed by atoms with Crippen LogP contribution in [0.2, 0.25) is 5.02 Å². The number of nitrogens with one attached hydrogen (secondary N) is 3. The fourth-order valence-electron chi connectivity index (χ4n) is 8.48. The Morgan fingerprint density at radius 1 is 0.833 bits per heavy atom.